The van der Waals surface area contributed by atoms with Gasteiger partial charge < -0.3 is 14.2 Å². The first-order chi connectivity index (χ1) is 15.0. The van der Waals surface area contributed by atoms with Crippen LogP contribution in [0.25, 0.3) is 22.1 Å². The zero-order chi connectivity index (χ0) is 22.0. The van der Waals surface area contributed by atoms with Gasteiger partial charge in [0.05, 0.1) is 12.9 Å². The molecule has 0 aliphatic carbocycles. The first-order valence-electron chi connectivity index (χ1n) is 10.7. The summed E-state index contributed by atoms with van der Waals surface area (Å²) in [5, 5.41) is 0.781. The molecule has 0 spiro atoms. The maximum atomic E-state index is 12.8. The number of nitrogens with zero attached hydrogens (tertiary/aromatic N) is 5. The van der Waals surface area contributed by atoms with Gasteiger partial charge in [-0.3, -0.25) is 23.9 Å². The van der Waals surface area contributed by atoms with Crippen molar-refractivity contribution in [3.63, 3.8) is 0 Å². The molecular weight excluding hydrogens is 398 g/mol. The molecule has 0 N–H and O–H groups in total. The number of amides is 2. The van der Waals surface area contributed by atoms with Crippen molar-refractivity contribution in [2.45, 2.75) is 20.4 Å². The predicted octanol–water partition coefficient (Wildman–Crippen LogP) is 1.16. The Hall–Kier alpha value is -3.20. The fraction of sp³-hybridized carbons (Fsp3) is 0.455. The number of benzene rings is 1. The molecule has 1 aromatic carbocycles. The summed E-state index contributed by atoms with van der Waals surface area (Å²) in [6.45, 7) is 7.95. The normalized spacial score (nSPS) is 15.0. The molecule has 0 atom stereocenters. The maximum Gasteiger partial charge on any atom is 0.297 e. The Morgan fingerprint density at radius 1 is 1.06 bits per heavy atom. The van der Waals surface area contributed by atoms with Gasteiger partial charge in [-0.05, 0) is 26.0 Å². The Morgan fingerprint density at radius 2 is 1.77 bits per heavy atom. The van der Waals surface area contributed by atoms with Crippen LogP contribution in [0.3, 0.4) is 0 Å². The van der Waals surface area contributed by atoms with Crippen molar-refractivity contribution in [1.82, 2.24) is 24.3 Å². The molecule has 1 saturated heterocycles. The van der Waals surface area contributed by atoms with Crippen LogP contribution in [-0.4, -0.2) is 81.9 Å². The molecule has 1 fully saturated rings. The molecule has 3 heterocycles. The highest BCUT2D eigenvalue weighted by molar-refractivity contribution is 6.01. The second kappa shape index (κ2) is 8.89. The molecule has 1 aliphatic rings. The van der Waals surface area contributed by atoms with Gasteiger partial charge in [-0.2, -0.15) is 0 Å². The molecule has 0 radical (unpaired) electrons. The fourth-order valence-corrected chi connectivity index (χ4v) is 4.00. The van der Waals surface area contributed by atoms with Gasteiger partial charge >= 0.3 is 0 Å². The van der Waals surface area contributed by atoms with E-state index < -0.39 is 0 Å². The highest BCUT2D eigenvalue weighted by Crippen LogP contribution is 2.24. The Bertz CT molecular complexity index is 1160. The number of furan rings is 1. The number of hydrogen-bond donors (Lipinski definition) is 0. The zero-order valence-corrected chi connectivity index (χ0v) is 17.9. The molecule has 1 aliphatic heterocycles. The van der Waals surface area contributed by atoms with E-state index in [0.29, 0.717) is 56.9 Å². The van der Waals surface area contributed by atoms with Gasteiger partial charge in [0.25, 0.3) is 5.56 Å². The third-order valence-corrected chi connectivity index (χ3v) is 5.86. The molecule has 0 unspecified atom stereocenters. The highest BCUT2D eigenvalue weighted by Gasteiger charge is 2.24. The van der Waals surface area contributed by atoms with E-state index in [1.807, 2.05) is 36.9 Å². The molecule has 3 aromatic rings. The van der Waals surface area contributed by atoms with Crippen LogP contribution < -0.4 is 5.56 Å². The van der Waals surface area contributed by atoms with Crippen molar-refractivity contribution in [2.75, 3.05) is 45.8 Å². The summed E-state index contributed by atoms with van der Waals surface area (Å²) >= 11 is 0. The van der Waals surface area contributed by atoms with Gasteiger partial charge in [-0.25, -0.2) is 4.98 Å². The van der Waals surface area contributed by atoms with Gasteiger partial charge in [0.1, 0.15) is 17.6 Å². The fourth-order valence-electron chi connectivity index (χ4n) is 4.00. The molecule has 31 heavy (non-hydrogen) atoms. The number of carbonyl (C=O) groups is 2. The molecule has 9 heteroatoms. The van der Waals surface area contributed by atoms with Gasteiger partial charge in [0.2, 0.25) is 17.4 Å². The lowest BCUT2D eigenvalue weighted by atomic mass is 10.2. The number of carbonyl (C=O) groups excluding carboxylic acids is 2. The average molecular weight is 425 g/mol. The van der Waals surface area contributed by atoms with Crippen LogP contribution in [0.15, 0.2) is 39.8 Å². The van der Waals surface area contributed by atoms with Crippen molar-refractivity contribution in [2.24, 2.45) is 0 Å². The van der Waals surface area contributed by atoms with E-state index in [0.717, 1.165) is 5.39 Å². The van der Waals surface area contributed by atoms with Gasteiger partial charge in [0.15, 0.2) is 0 Å². The average Bonchev–Trinajstić information content (AvgIpc) is 3.16. The lowest BCUT2D eigenvalue weighted by Crippen LogP contribution is -2.52. The molecule has 2 aromatic heterocycles. The lowest BCUT2D eigenvalue weighted by Gasteiger charge is -2.35. The third kappa shape index (κ3) is 4.18. The number of aromatic nitrogens is 2. The number of hydrogen-bond acceptors (Lipinski definition) is 6. The topological polar surface area (TPSA) is 91.9 Å². The number of fused-ring (bicyclic) bond motifs is 3. The van der Waals surface area contributed by atoms with Gasteiger partial charge in [-0.1, -0.05) is 12.1 Å². The second-order valence-electron chi connectivity index (χ2n) is 7.68. The summed E-state index contributed by atoms with van der Waals surface area (Å²) < 4.78 is 6.97. The molecule has 0 bridgehead atoms. The van der Waals surface area contributed by atoms with E-state index in [1.165, 1.54) is 10.9 Å². The van der Waals surface area contributed by atoms with E-state index in [9.17, 15) is 14.4 Å². The van der Waals surface area contributed by atoms with Crippen LogP contribution in [0.4, 0.5) is 0 Å². The lowest BCUT2D eigenvalue weighted by molar-refractivity contribution is -0.135. The Morgan fingerprint density at radius 3 is 2.48 bits per heavy atom. The van der Waals surface area contributed by atoms with Crippen LogP contribution in [-0.2, 0) is 16.1 Å². The Labute approximate surface area is 179 Å². The van der Waals surface area contributed by atoms with Crippen molar-refractivity contribution in [3.8, 4) is 0 Å². The van der Waals surface area contributed by atoms with Gasteiger partial charge in [0, 0.05) is 44.7 Å². The molecule has 2 amide bonds. The largest absolute Gasteiger partial charge is 0.448 e. The quantitative estimate of drug-likeness (QED) is 0.589. The monoisotopic (exact) mass is 425 g/mol. The third-order valence-electron chi connectivity index (χ3n) is 5.86. The van der Waals surface area contributed by atoms with E-state index >= 15 is 0 Å². The van der Waals surface area contributed by atoms with E-state index in [1.54, 1.807) is 11.0 Å². The minimum Gasteiger partial charge on any atom is -0.448 e. The molecular formula is C22H27N5O4. The zero-order valence-electron chi connectivity index (χ0n) is 17.9. The summed E-state index contributed by atoms with van der Waals surface area (Å²) in [5.74, 6) is -0.0318. The highest BCUT2D eigenvalue weighted by atomic mass is 16.3. The predicted molar refractivity (Wildman–Crippen MR) is 117 cm³/mol. The molecule has 164 valence electrons. The van der Waals surface area contributed by atoms with Crippen LogP contribution in [0.2, 0.25) is 0 Å². The molecule has 9 nitrogen and oxygen atoms in total. The Balaban J connectivity index is 1.40. The first kappa shape index (κ1) is 21.0. The van der Waals surface area contributed by atoms with Gasteiger partial charge in [-0.15, -0.1) is 0 Å². The Kier molecular flexibility index (Phi) is 6.03. The summed E-state index contributed by atoms with van der Waals surface area (Å²) in [6.07, 6.45) is 1.41. The second-order valence-corrected chi connectivity index (χ2v) is 7.68. The SMILES string of the molecule is CCN(CC)C(=O)CN1CCN(C(=O)Cn2cnc3c(oc4ccccc43)c2=O)CC1. The van der Waals surface area contributed by atoms with Crippen LogP contribution in [0.5, 0.6) is 0 Å². The molecule has 4 rings (SSSR count). The summed E-state index contributed by atoms with van der Waals surface area (Å²) in [6, 6.07) is 7.34. The van der Waals surface area contributed by atoms with E-state index in [-0.39, 0.29) is 29.5 Å². The van der Waals surface area contributed by atoms with Crippen LogP contribution in [0, 0.1) is 0 Å². The van der Waals surface area contributed by atoms with Crippen molar-refractivity contribution in [1.29, 1.82) is 0 Å². The number of rotatable bonds is 6. The summed E-state index contributed by atoms with van der Waals surface area (Å²) in [7, 11) is 0. The van der Waals surface area contributed by atoms with Crippen LogP contribution in [0.1, 0.15) is 13.8 Å². The minimum atomic E-state index is -0.363. The summed E-state index contributed by atoms with van der Waals surface area (Å²) in [5.41, 5.74) is 0.909. The number of para-hydroxylation sites is 1. The summed E-state index contributed by atoms with van der Waals surface area (Å²) in [4.78, 5) is 47.8. The molecule has 0 saturated carbocycles. The maximum absolute atomic E-state index is 12.8. The standard InChI is InChI=1S/C22H27N5O4/c1-3-25(4-2)18(28)13-24-9-11-26(12-10-24)19(29)14-27-15-23-20-16-7-5-6-8-17(16)31-21(20)22(27)30/h5-8,15H,3-4,9-14H2,1-2H3. The van der Waals surface area contributed by atoms with Crippen molar-refractivity contribution in [3.05, 3.63) is 40.9 Å². The minimum absolute atomic E-state index is 0.0861. The first-order valence-corrected chi connectivity index (χ1v) is 10.7. The smallest absolute Gasteiger partial charge is 0.297 e. The number of likely N-dealkylation sites (N-methyl/N-ethyl adjacent to an activating group) is 1. The van der Waals surface area contributed by atoms with Crippen molar-refractivity contribution < 1.29 is 14.0 Å². The van der Waals surface area contributed by atoms with Crippen molar-refractivity contribution >= 4 is 33.9 Å². The van der Waals surface area contributed by atoms with E-state index in [4.69, 9.17) is 4.42 Å². The van der Waals surface area contributed by atoms with Crippen LogP contribution >= 0.6 is 0 Å². The number of piperazine rings is 1. The van der Waals surface area contributed by atoms with E-state index in [2.05, 4.69) is 9.88 Å².